The standard InChI is InChI=1S/C10H10N2O2/c1-14-10(13)9(12-11)7-8-5-3-2-4-6-8/h2-6H,7H2,1H3. The molecule has 1 rings (SSSR count). The number of carbonyl (C=O) groups is 1. The van der Waals surface area contributed by atoms with Crippen molar-refractivity contribution < 1.29 is 14.3 Å². The van der Waals surface area contributed by atoms with E-state index in [0.717, 1.165) is 5.56 Å². The van der Waals surface area contributed by atoms with Crippen molar-refractivity contribution >= 4 is 11.7 Å². The third-order valence-corrected chi connectivity index (χ3v) is 1.76. The van der Waals surface area contributed by atoms with Crippen LogP contribution in [-0.2, 0) is 16.0 Å². The highest BCUT2D eigenvalue weighted by Crippen LogP contribution is 2.00. The van der Waals surface area contributed by atoms with Crippen molar-refractivity contribution in [1.82, 2.24) is 0 Å². The number of esters is 1. The van der Waals surface area contributed by atoms with E-state index in [-0.39, 0.29) is 12.1 Å². The molecule has 0 fully saturated rings. The summed E-state index contributed by atoms with van der Waals surface area (Å²) in [6, 6.07) is 9.25. The fourth-order valence-corrected chi connectivity index (χ4v) is 1.06. The summed E-state index contributed by atoms with van der Waals surface area (Å²) in [7, 11) is 1.25. The number of nitrogens with zero attached hydrogens (tertiary/aromatic N) is 2. The Morgan fingerprint density at radius 1 is 1.43 bits per heavy atom. The van der Waals surface area contributed by atoms with Crippen LogP contribution in [0, 0.1) is 0 Å². The van der Waals surface area contributed by atoms with Crippen LogP contribution in [-0.4, -0.2) is 23.6 Å². The average Bonchev–Trinajstić information content (AvgIpc) is 2.26. The van der Waals surface area contributed by atoms with Crippen LogP contribution in [0.5, 0.6) is 0 Å². The van der Waals surface area contributed by atoms with Crippen LogP contribution in [0.3, 0.4) is 0 Å². The van der Waals surface area contributed by atoms with Crippen LogP contribution >= 0.6 is 0 Å². The number of carbonyl (C=O) groups excluding carboxylic acids is 1. The van der Waals surface area contributed by atoms with Gasteiger partial charge in [-0.15, -0.1) is 0 Å². The summed E-state index contributed by atoms with van der Waals surface area (Å²) in [5.74, 6) is -0.614. The van der Waals surface area contributed by atoms with Crippen LogP contribution < -0.4 is 0 Å². The van der Waals surface area contributed by atoms with E-state index < -0.39 is 5.97 Å². The number of methoxy groups -OCH3 is 1. The van der Waals surface area contributed by atoms with Gasteiger partial charge in [-0.1, -0.05) is 30.3 Å². The van der Waals surface area contributed by atoms with E-state index in [9.17, 15) is 4.79 Å². The lowest BCUT2D eigenvalue weighted by Crippen LogP contribution is -2.19. The second kappa shape index (κ2) is 4.94. The Balaban J connectivity index is 2.78. The molecule has 0 aliphatic heterocycles. The lowest BCUT2D eigenvalue weighted by atomic mass is 10.1. The largest absolute Gasteiger partial charge is 0.460 e. The number of hydrogen-bond donors (Lipinski definition) is 0. The van der Waals surface area contributed by atoms with Gasteiger partial charge < -0.3 is 10.3 Å². The van der Waals surface area contributed by atoms with E-state index in [4.69, 9.17) is 5.53 Å². The molecular weight excluding hydrogens is 180 g/mol. The summed E-state index contributed by atoms with van der Waals surface area (Å²) >= 11 is 0. The topological polar surface area (TPSA) is 62.7 Å². The number of ether oxygens (including phenoxy) is 1. The summed E-state index contributed by atoms with van der Waals surface area (Å²) in [6.07, 6.45) is 0.268. The molecule has 4 heteroatoms. The van der Waals surface area contributed by atoms with Crippen LogP contribution in [0.15, 0.2) is 30.3 Å². The van der Waals surface area contributed by atoms with Gasteiger partial charge in [-0.05, 0) is 5.56 Å². The van der Waals surface area contributed by atoms with Crippen LogP contribution in [0.2, 0.25) is 0 Å². The third kappa shape index (κ3) is 2.54. The van der Waals surface area contributed by atoms with E-state index in [1.54, 1.807) is 0 Å². The van der Waals surface area contributed by atoms with Gasteiger partial charge in [0.1, 0.15) is 0 Å². The van der Waals surface area contributed by atoms with Crippen molar-refractivity contribution in [2.24, 2.45) is 0 Å². The Morgan fingerprint density at radius 2 is 2.07 bits per heavy atom. The monoisotopic (exact) mass is 190 g/mol. The molecular formula is C10H10N2O2. The van der Waals surface area contributed by atoms with Crippen molar-refractivity contribution in [3.63, 3.8) is 0 Å². The maximum atomic E-state index is 11.0. The molecule has 1 aromatic carbocycles. The molecule has 0 saturated carbocycles. The van der Waals surface area contributed by atoms with Gasteiger partial charge in [-0.3, -0.25) is 0 Å². The van der Waals surface area contributed by atoms with E-state index in [2.05, 4.69) is 9.53 Å². The third-order valence-electron chi connectivity index (χ3n) is 1.76. The van der Waals surface area contributed by atoms with Gasteiger partial charge in [-0.2, -0.15) is 4.79 Å². The first-order valence-electron chi connectivity index (χ1n) is 4.11. The molecule has 0 atom stereocenters. The Bertz CT molecular complexity index is 367. The number of hydrogen-bond acceptors (Lipinski definition) is 2. The summed E-state index contributed by atoms with van der Waals surface area (Å²) in [5.41, 5.74) is 9.47. The molecule has 0 amide bonds. The molecule has 0 aliphatic carbocycles. The second-order valence-electron chi connectivity index (χ2n) is 2.70. The van der Waals surface area contributed by atoms with Crippen LogP contribution in [0.4, 0.5) is 0 Å². The lowest BCUT2D eigenvalue weighted by Gasteiger charge is -1.95. The molecule has 72 valence electrons. The van der Waals surface area contributed by atoms with Crippen molar-refractivity contribution in [2.75, 3.05) is 7.11 Å². The van der Waals surface area contributed by atoms with Gasteiger partial charge in [0.05, 0.1) is 13.5 Å². The smallest absolute Gasteiger partial charge is 0.416 e. The molecule has 0 N–H and O–H groups in total. The molecule has 0 unspecified atom stereocenters. The molecule has 0 aromatic heterocycles. The summed E-state index contributed by atoms with van der Waals surface area (Å²) in [4.78, 5) is 13.9. The van der Waals surface area contributed by atoms with Gasteiger partial charge in [-0.25, -0.2) is 4.79 Å². The molecule has 0 heterocycles. The summed E-state index contributed by atoms with van der Waals surface area (Å²) in [5, 5.41) is 0. The highest BCUT2D eigenvalue weighted by Gasteiger charge is 2.20. The highest BCUT2D eigenvalue weighted by atomic mass is 16.5. The zero-order valence-corrected chi connectivity index (χ0v) is 7.80. The van der Waals surface area contributed by atoms with Crippen molar-refractivity contribution in [1.29, 1.82) is 0 Å². The minimum atomic E-state index is -0.614. The molecule has 0 aliphatic rings. The minimum Gasteiger partial charge on any atom is -0.460 e. The maximum Gasteiger partial charge on any atom is 0.416 e. The van der Waals surface area contributed by atoms with Gasteiger partial charge in [0.2, 0.25) is 0 Å². The van der Waals surface area contributed by atoms with Gasteiger partial charge >= 0.3 is 11.7 Å². The normalized spacial score (nSPS) is 8.93. The summed E-state index contributed by atoms with van der Waals surface area (Å²) in [6.45, 7) is 0. The van der Waals surface area contributed by atoms with Crippen LogP contribution in [0.1, 0.15) is 5.56 Å². The zero-order valence-electron chi connectivity index (χ0n) is 7.80. The number of benzene rings is 1. The van der Waals surface area contributed by atoms with Crippen molar-refractivity contribution in [3.05, 3.63) is 41.4 Å². The predicted octanol–water partition coefficient (Wildman–Crippen LogP) is 1.07. The highest BCUT2D eigenvalue weighted by molar-refractivity contribution is 6.34. The van der Waals surface area contributed by atoms with E-state index in [0.29, 0.717) is 0 Å². The Morgan fingerprint density at radius 3 is 2.57 bits per heavy atom. The Kier molecular flexibility index (Phi) is 3.58. The first-order valence-corrected chi connectivity index (χ1v) is 4.11. The first-order chi connectivity index (χ1) is 6.77. The SMILES string of the molecule is COC(=O)C(Cc1ccccc1)=[N+]=[N-]. The van der Waals surface area contributed by atoms with Crippen LogP contribution in [0.25, 0.3) is 5.53 Å². The molecule has 0 saturated heterocycles. The predicted molar refractivity (Wildman–Crippen MR) is 50.8 cm³/mol. The first kappa shape index (κ1) is 10.2. The molecule has 1 aromatic rings. The lowest BCUT2D eigenvalue weighted by molar-refractivity contribution is -0.137. The van der Waals surface area contributed by atoms with Crippen molar-refractivity contribution in [3.8, 4) is 0 Å². The maximum absolute atomic E-state index is 11.0. The summed E-state index contributed by atoms with van der Waals surface area (Å²) < 4.78 is 4.45. The minimum absolute atomic E-state index is 0.00120. The molecule has 0 bridgehead atoms. The molecule has 4 nitrogen and oxygen atoms in total. The Labute approximate surface area is 81.7 Å². The van der Waals surface area contributed by atoms with E-state index in [1.807, 2.05) is 30.3 Å². The Hall–Kier alpha value is -1.93. The van der Waals surface area contributed by atoms with E-state index >= 15 is 0 Å². The zero-order chi connectivity index (χ0) is 10.4. The molecule has 0 spiro atoms. The van der Waals surface area contributed by atoms with Crippen molar-refractivity contribution in [2.45, 2.75) is 6.42 Å². The fourth-order valence-electron chi connectivity index (χ4n) is 1.06. The quantitative estimate of drug-likeness (QED) is 0.310. The second-order valence-corrected chi connectivity index (χ2v) is 2.70. The average molecular weight is 190 g/mol. The van der Waals surface area contributed by atoms with Gasteiger partial charge in [0, 0.05) is 0 Å². The molecule has 0 radical (unpaired) electrons. The van der Waals surface area contributed by atoms with Gasteiger partial charge in [0.15, 0.2) is 0 Å². The molecule has 14 heavy (non-hydrogen) atoms. The number of rotatable bonds is 3. The van der Waals surface area contributed by atoms with E-state index in [1.165, 1.54) is 7.11 Å². The van der Waals surface area contributed by atoms with Gasteiger partial charge in [0.25, 0.3) is 0 Å². The fraction of sp³-hybridized carbons (Fsp3) is 0.200.